The molecule has 0 atom stereocenters. The van der Waals surface area contributed by atoms with Crippen molar-refractivity contribution in [3.8, 4) is 0 Å². The van der Waals surface area contributed by atoms with Gasteiger partial charge in [0, 0.05) is 20.3 Å². The van der Waals surface area contributed by atoms with Crippen LogP contribution in [-0.2, 0) is 22.5 Å². The Kier molecular flexibility index (Phi) is 7.40. The summed E-state index contributed by atoms with van der Waals surface area (Å²) in [4.78, 5) is 42.0. The van der Waals surface area contributed by atoms with Crippen LogP contribution in [0, 0.1) is 0 Å². The van der Waals surface area contributed by atoms with E-state index in [4.69, 9.17) is 10.5 Å². The van der Waals surface area contributed by atoms with Crippen molar-refractivity contribution in [2.45, 2.75) is 19.4 Å². The number of H-pyrrole nitrogens is 1. The van der Waals surface area contributed by atoms with Crippen molar-refractivity contribution in [2.75, 3.05) is 30.9 Å². The molecule has 2 aromatic carbocycles. The molecule has 0 fully saturated rings. The van der Waals surface area contributed by atoms with Gasteiger partial charge >= 0.3 is 5.69 Å². The number of carbonyl (C=O) groups is 1. The maximum absolute atomic E-state index is 13.2. The van der Waals surface area contributed by atoms with Crippen molar-refractivity contribution in [1.29, 1.82) is 0 Å². The Hall–Kier alpha value is -3.65. The third-order valence-corrected chi connectivity index (χ3v) is 4.90. The highest BCUT2D eigenvalue weighted by Crippen LogP contribution is 2.19. The number of aromatic nitrogens is 2. The molecule has 1 aromatic heterocycles. The second-order valence-corrected chi connectivity index (χ2v) is 7.12. The van der Waals surface area contributed by atoms with Crippen molar-refractivity contribution < 1.29 is 9.53 Å². The van der Waals surface area contributed by atoms with Crippen molar-refractivity contribution in [3.63, 3.8) is 0 Å². The van der Waals surface area contributed by atoms with Crippen LogP contribution in [0.1, 0.15) is 17.5 Å². The summed E-state index contributed by atoms with van der Waals surface area (Å²) in [5.41, 5.74) is 6.61. The predicted octanol–water partition coefficient (Wildman–Crippen LogP) is 1.78. The van der Waals surface area contributed by atoms with Crippen LogP contribution in [0.3, 0.4) is 0 Å². The van der Waals surface area contributed by atoms with Gasteiger partial charge in [-0.3, -0.25) is 19.1 Å². The number of nitrogens with two attached hydrogens (primary N) is 1. The third kappa shape index (κ3) is 5.49. The molecule has 1 heterocycles. The van der Waals surface area contributed by atoms with Crippen molar-refractivity contribution in [2.24, 2.45) is 0 Å². The number of methoxy groups -OCH3 is 1. The first-order chi connectivity index (χ1) is 15.0. The van der Waals surface area contributed by atoms with Crippen LogP contribution in [0.25, 0.3) is 0 Å². The fourth-order valence-corrected chi connectivity index (χ4v) is 3.36. The molecule has 3 aromatic rings. The molecule has 8 heteroatoms. The molecule has 162 valence electrons. The Morgan fingerprint density at radius 2 is 1.65 bits per heavy atom. The number of hydrogen-bond acceptors (Lipinski definition) is 5. The number of aromatic amines is 1. The number of hydrogen-bond donors (Lipinski definition) is 2. The first kappa shape index (κ1) is 22.0. The first-order valence-corrected chi connectivity index (χ1v) is 10.0. The molecule has 0 aliphatic carbocycles. The normalized spacial score (nSPS) is 10.7. The maximum atomic E-state index is 13.2. The Bertz CT molecular complexity index is 1120. The zero-order valence-corrected chi connectivity index (χ0v) is 17.4. The molecule has 0 unspecified atom stereocenters. The van der Waals surface area contributed by atoms with Gasteiger partial charge < -0.3 is 15.4 Å². The minimum Gasteiger partial charge on any atom is -0.385 e. The standard InChI is InChI=1S/C23H26N4O4/c1-31-14-8-13-26(19(28)15-17-9-4-2-5-10-17)20-21(24)27(23(30)25-22(20)29)16-18-11-6-3-7-12-18/h2-7,9-12H,8,13-16,24H2,1H3,(H,25,29,30). The van der Waals surface area contributed by atoms with Crippen LogP contribution in [0.4, 0.5) is 11.5 Å². The number of nitrogens with one attached hydrogen (secondary N) is 1. The van der Waals surface area contributed by atoms with Crippen LogP contribution in [-0.4, -0.2) is 35.7 Å². The van der Waals surface area contributed by atoms with E-state index in [0.717, 1.165) is 11.1 Å². The lowest BCUT2D eigenvalue weighted by molar-refractivity contribution is -0.118. The van der Waals surface area contributed by atoms with Gasteiger partial charge in [-0.25, -0.2) is 4.79 Å². The highest BCUT2D eigenvalue weighted by molar-refractivity contribution is 5.96. The summed E-state index contributed by atoms with van der Waals surface area (Å²) in [6.45, 7) is 0.820. The van der Waals surface area contributed by atoms with E-state index in [1.54, 1.807) is 7.11 Å². The van der Waals surface area contributed by atoms with Crippen LogP contribution in [0.15, 0.2) is 70.3 Å². The molecule has 0 saturated heterocycles. The number of benzene rings is 2. The highest BCUT2D eigenvalue weighted by Gasteiger charge is 2.24. The minimum atomic E-state index is -0.689. The van der Waals surface area contributed by atoms with E-state index in [0.29, 0.717) is 13.0 Å². The Morgan fingerprint density at radius 3 is 2.26 bits per heavy atom. The van der Waals surface area contributed by atoms with E-state index in [1.807, 2.05) is 60.7 Å². The van der Waals surface area contributed by atoms with E-state index in [-0.39, 0.29) is 36.9 Å². The number of carbonyl (C=O) groups excluding carboxylic acids is 1. The van der Waals surface area contributed by atoms with Gasteiger partial charge in [0.25, 0.3) is 5.56 Å². The fourth-order valence-electron chi connectivity index (χ4n) is 3.36. The first-order valence-electron chi connectivity index (χ1n) is 10.0. The summed E-state index contributed by atoms with van der Waals surface area (Å²) in [5, 5.41) is 0. The molecule has 0 aliphatic heterocycles. The minimum absolute atomic E-state index is 0.0208. The molecule has 3 N–H and O–H groups in total. The molecule has 0 aliphatic rings. The zero-order chi connectivity index (χ0) is 22.2. The molecule has 0 spiro atoms. The molecule has 31 heavy (non-hydrogen) atoms. The van der Waals surface area contributed by atoms with Gasteiger partial charge in [0.1, 0.15) is 5.82 Å². The summed E-state index contributed by atoms with van der Waals surface area (Å²) in [6, 6.07) is 18.5. The van der Waals surface area contributed by atoms with Gasteiger partial charge in [-0.2, -0.15) is 0 Å². The summed E-state index contributed by atoms with van der Waals surface area (Å²) in [6.07, 6.45) is 0.609. The molecule has 0 bridgehead atoms. The fraction of sp³-hybridized carbons (Fsp3) is 0.261. The lowest BCUT2D eigenvalue weighted by atomic mass is 10.1. The van der Waals surface area contributed by atoms with E-state index >= 15 is 0 Å². The summed E-state index contributed by atoms with van der Waals surface area (Å²) in [5.74, 6) is -0.333. The Labute approximate surface area is 179 Å². The van der Waals surface area contributed by atoms with Gasteiger partial charge in [0.15, 0.2) is 5.69 Å². The number of amides is 1. The zero-order valence-electron chi connectivity index (χ0n) is 17.4. The highest BCUT2D eigenvalue weighted by atomic mass is 16.5. The van der Waals surface area contributed by atoms with Gasteiger partial charge in [0.2, 0.25) is 5.91 Å². The lowest BCUT2D eigenvalue weighted by Gasteiger charge is -2.24. The van der Waals surface area contributed by atoms with E-state index in [9.17, 15) is 14.4 Å². The smallest absolute Gasteiger partial charge is 0.330 e. The molecule has 0 radical (unpaired) electrons. The third-order valence-electron chi connectivity index (χ3n) is 4.90. The molecule has 8 nitrogen and oxygen atoms in total. The van der Waals surface area contributed by atoms with Gasteiger partial charge in [-0.1, -0.05) is 60.7 Å². The number of ether oxygens (including phenoxy) is 1. The number of nitrogen functional groups attached to an aromatic ring is 1. The molecule has 3 rings (SSSR count). The molecular weight excluding hydrogens is 396 g/mol. The van der Waals surface area contributed by atoms with E-state index < -0.39 is 11.2 Å². The monoisotopic (exact) mass is 422 g/mol. The van der Waals surface area contributed by atoms with Crippen molar-refractivity contribution in [3.05, 3.63) is 92.6 Å². The topological polar surface area (TPSA) is 110 Å². The van der Waals surface area contributed by atoms with E-state index in [2.05, 4.69) is 4.98 Å². The Morgan fingerprint density at radius 1 is 1.03 bits per heavy atom. The maximum Gasteiger partial charge on any atom is 0.330 e. The average molecular weight is 422 g/mol. The van der Waals surface area contributed by atoms with Crippen LogP contribution in [0.2, 0.25) is 0 Å². The summed E-state index contributed by atoms with van der Waals surface area (Å²) in [7, 11) is 1.57. The molecule has 1 amide bonds. The van der Waals surface area contributed by atoms with Crippen LogP contribution >= 0.6 is 0 Å². The SMILES string of the molecule is COCCCN(C(=O)Cc1ccccc1)c1c(N)n(Cc2ccccc2)c(=O)[nH]c1=O. The largest absolute Gasteiger partial charge is 0.385 e. The summed E-state index contributed by atoms with van der Waals surface area (Å²) >= 11 is 0. The number of anilines is 2. The van der Waals surface area contributed by atoms with E-state index in [1.165, 1.54) is 9.47 Å². The second-order valence-electron chi connectivity index (χ2n) is 7.12. The quantitative estimate of drug-likeness (QED) is 0.511. The van der Waals surface area contributed by atoms with Crippen LogP contribution in [0.5, 0.6) is 0 Å². The lowest BCUT2D eigenvalue weighted by Crippen LogP contribution is -2.42. The molecular formula is C23H26N4O4. The number of nitrogens with zero attached hydrogens (tertiary/aromatic N) is 2. The number of rotatable bonds is 9. The summed E-state index contributed by atoms with van der Waals surface area (Å²) < 4.78 is 6.37. The van der Waals surface area contributed by atoms with Gasteiger partial charge in [-0.05, 0) is 17.5 Å². The van der Waals surface area contributed by atoms with Crippen molar-refractivity contribution >= 4 is 17.4 Å². The van der Waals surface area contributed by atoms with Crippen LogP contribution < -0.4 is 21.9 Å². The second kappa shape index (κ2) is 10.4. The van der Waals surface area contributed by atoms with Crippen molar-refractivity contribution in [1.82, 2.24) is 9.55 Å². The Balaban J connectivity index is 2.00. The predicted molar refractivity (Wildman–Crippen MR) is 120 cm³/mol. The average Bonchev–Trinajstić information content (AvgIpc) is 2.77. The van der Waals surface area contributed by atoms with Gasteiger partial charge in [0.05, 0.1) is 13.0 Å². The van der Waals surface area contributed by atoms with Gasteiger partial charge in [-0.15, -0.1) is 0 Å². The molecule has 0 saturated carbocycles.